The lowest BCUT2D eigenvalue weighted by molar-refractivity contribution is -0.118. The van der Waals surface area contributed by atoms with E-state index in [0.717, 1.165) is 11.4 Å². The van der Waals surface area contributed by atoms with Gasteiger partial charge in [-0.05, 0) is 39.0 Å². The quantitative estimate of drug-likeness (QED) is 0.867. The van der Waals surface area contributed by atoms with E-state index in [1.54, 1.807) is 12.3 Å². The second kappa shape index (κ2) is 5.74. The number of carbonyl (C=O) groups excluding carboxylic acids is 2. The molecule has 1 heterocycles. The predicted octanol–water partition coefficient (Wildman–Crippen LogP) is 3.20. The van der Waals surface area contributed by atoms with Gasteiger partial charge in [0.1, 0.15) is 6.04 Å². The molecule has 0 saturated carbocycles. The molecule has 4 heteroatoms. The number of nitrogens with zero attached hydrogens (tertiary/aromatic N) is 1. The molecule has 1 N–H and O–H groups in total. The van der Waals surface area contributed by atoms with Gasteiger partial charge in [-0.2, -0.15) is 0 Å². The van der Waals surface area contributed by atoms with Crippen LogP contribution in [0, 0.1) is 6.92 Å². The van der Waals surface area contributed by atoms with Crippen molar-refractivity contribution in [3.63, 3.8) is 0 Å². The van der Waals surface area contributed by atoms with Crippen molar-refractivity contribution in [2.75, 3.05) is 5.32 Å². The summed E-state index contributed by atoms with van der Waals surface area (Å²) in [6.45, 7) is 5.19. The third-order valence-corrected chi connectivity index (χ3v) is 3.40. The number of aromatic nitrogens is 1. The Morgan fingerprint density at radius 3 is 2.35 bits per heavy atom. The highest BCUT2D eigenvalue weighted by molar-refractivity contribution is 5.96. The topological polar surface area (TPSA) is 51.1 Å². The van der Waals surface area contributed by atoms with Crippen LogP contribution in [0.3, 0.4) is 0 Å². The molecule has 0 aliphatic heterocycles. The first-order valence-electron chi connectivity index (χ1n) is 6.55. The van der Waals surface area contributed by atoms with Crippen molar-refractivity contribution in [1.82, 2.24) is 4.57 Å². The largest absolute Gasteiger partial charge is 0.339 e. The van der Waals surface area contributed by atoms with Gasteiger partial charge in [0.25, 0.3) is 0 Å². The van der Waals surface area contributed by atoms with E-state index in [9.17, 15) is 9.59 Å². The van der Waals surface area contributed by atoms with Gasteiger partial charge >= 0.3 is 0 Å². The number of anilines is 1. The number of ketones is 1. The van der Waals surface area contributed by atoms with Gasteiger partial charge in [-0.25, -0.2) is 0 Å². The molecule has 0 fully saturated rings. The summed E-state index contributed by atoms with van der Waals surface area (Å²) in [5.74, 6) is -0.0954. The average Bonchev–Trinajstić information content (AvgIpc) is 2.81. The van der Waals surface area contributed by atoms with Gasteiger partial charge in [-0.15, -0.1) is 0 Å². The lowest BCUT2D eigenvalue weighted by Crippen LogP contribution is -2.24. The third-order valence-electron chi connectivity index (χ3n) is 3.40. The number of Topliss-reactive ketones (excluding diaryl/α,β-unsaturated/α-hetero) is 1. The summed E-state index contributed by atoms with van der Waals surface area (Å²) in [7, 11) is 0. The molecule has 0 bridgehead atoms. The second-order valence-corrected chi connectivity index (χ2v) is 4.81. The Morgan fingerprint density at radius 1 is 1.15 bits per heavy atom. The van der Waals surface area contributed by atoms with E-state index >= 15 is 0 Å². The number of nitrogens with one attached hydrogen (secondary N) is 1. The minimum absolute atomic E-state index is 0.0110. The van der Waals surface area contributed by atoms with E-state index in [4.69, 9.17) is 0 Å². The summed E-state index contributed by atoms with van der Waals surface area (Å²) >= 11 is 0. The number of hydrogen-bond acceptors (Lipinski definition) is 2. The van der Waals surface area contributed by atoms with Gasteiger partial charge in [0.05, 0.1) is 0 Å². The molecule has 0 aliphatic carbocycles. The van der Waals surface area contributed by atoms with Crippen molar-refractivity contribution in [1.29, 1.82) is 0 Å². The monoisotopic (exact) mass is 270 g/mol. The highest BCUT2D eigenvalue weighted by atomic mass is 16.2. The molecular formula is C16H18N2O2. The zero-order valence-corrected chi connectivity index (χ0v) is 11.9. The van der Waals surface area contributed by atoms with Gasteiger partial charge in [-0.1, -0.05) is 18.2 Å². The van der Waals surface area contributed by atoms with Crippen molar-refractivity contribution < 1.29 is 9.59 Å². The Kier molecular flexibility index (Phi) is 4.03. The van der Waals surface area contributed by atoms with Crippen LogP contribution in [0.25, 0.3) is 0 Å². The zero-order valence-electron chi connectivity index (χ0n) is 11.9. The van der Waals surface area contributed by atoms with Crippen LogP contribution in [0.15, 0.2) is 42.6 Å². The molecule has 0 radical (unpaired) electrons. The van der Waals surface area contributed by atoms with Crippen molar-refractivity contribution in [3.8, 4) is 0 Å². The first-order chi connectivity index (χ1) is 9.50. The standard InChI is InChI=1S/C16H18N2O2/c1-11-15(13(3)19)9-10-18(11)12(2)16(20)17-14-7-5-4-6-8-14/h4-10,12H,1-3H3,(H,17,20). The Labute approximate surface area is 118 Å². The Balaban J connectivity index is 2.17. The molecule has 20 heavy (non-hydrogen) atoms. The normalized spacial score (nSPS) is 11.9. The summed E-state index contributed by atoms with van der Waals surface area (Å²) in [5.41, 5.74) is 2.23. The van der Waals surface area contributed by atoms with E-state index < -0.39 is 0 Å². The smallest absolute Gasteiger partial charge is 0.247 e. The summed E-state index contributed by atoms with van der Waals surface area (Å²) in [6.07, 6.45) is 1.78. The van der Waals surface area contributed by atoms with Crippen LogP contribution in [0.4, 0.5) is 5.69 Å². The second-order valence-electron chi connectivity index (χ2n) is 4.81. The Hall–Kier alpha value is -2.36. The van der Waals surface area contributed by atoms with Crippen LogP contribution in [-0.4, -0.2) is 16.3 Å². The van der Waals surface area contributed by atoms with E-state index in [-0.39, 0.29) is 17.7 Å². The van der Waals surface area contributed by atoms with Crippen molar-refractivity contribution in [3.05, 3.63) is 53.9 Å². The van der Waals surface area contributed by atoms with Gasteiger partial charge in [0.2, 0.25) is 5.91 Å². The average molecular weight is 270 g/mol. The fraction of sp³-hybridized carbons (Fsp3) is 0.250. The molecule has 0 spiro atoms. The highest BCUT2D eigenvalue weighted by Crippen LogP contribution is 2.18. The summed E-state index contributed by atoms with van der Waals surface area (Å²) in [6, 6.07) is 10.7. The molecule has 0 aliphatic rings. The van der Waals surface area contributed by atoms with E-state index in [2.05, 4.69) is 5.32 Å². The third kappa shape index (κ3) is 2.79. The van der Waals surface area contributed by atoms with E-state index in [1.165, 1.54) is 6.92 Å². The molecule has 1 aromatic carbocycles. The van der Waals surface area contributed by atoms with Crippen LogP contribution in [-0.2, 0) is 4.79 Å². The maximum absolute atomic E-state index is 12.2. The van der Waals surface area contributed by atoms with E-state index in [1.807, 2.05) is 48.7 Å². The molecule has 1 aromatic heterocycles. The van der Waals surface area contributed by atoms with Gasteiger partial charge in [-0.3, -0.25) is 9.59 Å². The van der Waals surface area contributed by atoms with Gasteiger partial charge in [0.15, 0.2) is 5.78 Å². The SMILES string of the molecule is CC(=O)c1ccn(C(C)C(=O)Nc2ccccc2)c1C. The van der Waals surface area contributed by atoms with Crippen LogP contribution < -0.4 is 5.32 Å². The molecule has 0 saturated heterocycles. The molecule has 1 unspecified atom stereocenters. The molecule has 1 amide bonds. The number of hydrogen-bond donors (Lipinski definition) is 1. The number of carbonyl (C=O) groups is 2. The minimum Gasteiger partial charge on any atom is -0.339 e. The maximum Gasteiger partial charge on any atom is 0.247 e. The zero-order chi connectivity index (χ0) is 14.7. The fourth-order valence-electron chi connectivity index (χ4n) is 2.21. The Morgan fingerprint density at radius 2 is 1.80 bits per heavy atom. The summed E-state index contributed by atoms with van der Waals surface area (Å²) < 4.78 is 1.81. The number of benzene rings is 1. The highest BCUT2D eigenvalue weighted by Gasteiger charge is 2.18. The molecule has 2 rings (SSSR count). The number of para-hydroxylation sites is 1. The van der Waals surface area contributed by atoms with Crippen LogP contribution in [0.5, 0.6) is 0 Å². The van der Waals surface area contributed by atoms with Crippen LogP contribution in [0.1, 0.15) is 35.9 Å². The molecule has 104 valence electrons. The number of rotatable bonds is 4. The fourth-order valence-corrected chi connectivity index (χ4v) is 2.21. The van der Waals surface area contributed by atoms with Crippen LogP contribution in [0.2, 0.25) is 0 Å². The summed E-state index contributed by atoms with van der Waals surface area (Å²) in [5, 5.41) is 2.86. The molecule has 4 nitrogen and oxygen atoms in total. The van der Waals surface area contributed by atoms with Gasteiger partial charge in [0, 0.05) is 23.1 Å². The number of amides is 1. The van der Waals surface area contributed by atoms with Crippen molar-refractivity contribution >= 4 is 17.4 Å². The molecule has 1 atom stereocenters. The van der Waals surface area contributed by atoms with Crippen molar-refractivity contribution in [2.45, 2.75) is 26.8 Å². The Bertz CT molecular complexity index is 629. The van der Waals surface area contributed by atoms with Crippen molar-refractivity contribution in [2.24, 2.45) is 0 Å². The lowest BCUT2D eigenvalue weighted by atomic mass is 10.2. The lowest BCUT2D eigenvalue weighted by Gasteiger charge is -2.16. The predicted molar refractivity (Wildman–Crippen MR) is 79.0 cm³/mol. The summed E-state index contributed by atoms with van der Waals surface area (Å²) in [4.78, 5) is 23.7. The first kappa shape index (κ1) is 14.1. The maximum atomic E-state index is 12.2. The van der Waals surface area contributed by atoms with Gasteiger partial charge < -0.3 is 9.88 Å². The van der Waals surface area contributed by atoms with E-state index in [0.29, 0.717) is 5.56 Å². The minimum atomic E-state index is -0.372. The molecular weight excluding hydrogens is 252 g/mol. The first-order valence-corrected chi connectivity index (χ1v) is 6.55. The van der Waals surface area contributed by atoms with Crippen LogP contribution >= 0.6 is 0 Å². The molecule has 2 aromatic rings.